The smallest absolute Gasteiger partial charge is 0.240 e. The van der Waals surface area contributed by atoms with Crippen molar-refractivity contribution in [2.75, 3.05) is 25.1 Å². The second-order valence-corrected chi connectivity index (χ2v) is 8.43. The highest BCUT2D eigenvalue weighted by atomic mass is 32.2. The Balaban J connectivity index is 1.51. The number of hydrogen-bond donors (Lipinski definition) is 2. The van der Waals surface area contributed by atoms with Crippen molar-refractivity contribution in [2.45, 2.75) is 31.1 Å². The van der Waals surface area contributed by atoms with Crippen LogP contribution in [-0.2, 0) is 14.8 Å². The summed E-state index contributed by atoms with van der Waals surface area (Å²) in [4.78, 5) is 12.1. The monoisotopic (exact) mass is 422 g/mol. The lowest BCUT2D eigenvalue weighted by Crippen LogP contribution is -2.26. The van der Waals surface area contributed by atoms with Gasteiger partial charge in [0, 0.05) is 31.1 Å². The third-order valence-corrected chi connectivity index (χ3v) is 5.83. The van der Waals surface area contributed by atoms with Gasteiger partial charge in [-0.2, -0.15) is 0 Å². The van der Waals surface area contributed by atoms with Gasteiger partial charge in [0.15, 0.2) is 11.5 Å². The van der Waals surface area contributed by atoms with Crippen molar-refractivity contribution in [3.63, 3.8) is 0 Å². The Bertz CT molecular complexity index is 994. The average Bonchev–Trinajstić information content (AvgIpc) is 2.93. The van der Waals surface area contributed by atoms with Crippen molar-refractivity contribution in [2.24, 2.45) is 0 Å². The second kappa shape index (κ2) is 9.23. The molecule has 0 unspecified atom stereocenters. The Morgan fingerprint density at radius 3 is 2.66 bits per heavy atom. The first-order valence-corrected chi connectivity index (χ1v) is 10.8. The van der Waals surface area contributed by atoms with Crippen LogP contribution in [0.3, 0.4) is 0 Å². The van der Waals surface area contributed by atoms with Gasteiger partial charge >= 0.3 is 0 Å². The summed E-state index contributed by atoms with van der Waals surface area (Å²) in [5, 5.41) is 2.63. The minimum absolute atomic E-state index is 0.0709. The topological polar surface area (TPSA) is 93.7 Å². The Morgan fingerprint density at radius 2 is 1.86 bits per heavy atom. The Morgan fingerprint density at radius 1 is 1.10 bits per heavy atom. The zero-order valence-corrected chi connectivity index (χ0v) is 16.9. The van der Waals surface area contributed by atoms with Crippen LogP contribution in [0.4, 0.5) is 10.1 Å². The third kappa shape index (κ3) is 5.68. The summed E-state index contributed by atoms with van der Waals surface area (Å²) in [7, 11) is -3.74. The van der Waals surface area contributed by atoms with Crippen molar-refractivity contribution in [1.82, 2.24) is 4.72 Å². The van der Waals surface area contributed by atoms with E-state index in [2.05, 4.69) is 10.0 Å². The molecule has 0 saturated heterocycles. The SMILES string of the molecule is Cc1ccc(F)cc1NC(=O)CCCNS(=O)(=O)c1ccc2c(c1)OCCCO2. The van der Waals surface area contributed by atoms with E-state index in [1.54, 1.807) is 19.1 Å². The Labute approximate surface area is 169 Å². The molecule has 7 nitrogen and oxygen atoms in total. The summed E-state index contributed by atoms with van der Waals surface area (Å²) >= 11 is 0. The first kappa shape index (κ1) is 21.1. The average molecular weight is 422 g/mol. The van der Waals surface area contributed by atoms with Crippen LogP contribution in [0.15, 0.2) is 41.3 Å². The van der Waals surface area contributed by atoms with E-state index in [1.807, 2.05) is 0 Å². The van der Waals surface area contributed by atoms with Gasteiger partial charge < -0.3 is 14.8 Å². The highest BCUT2D eigenvalue weighted by Crippen LogP contribution is 2.31. The number of halogens is 1. The van der Waals surface area contributed by atoms with E-state index >= 15 is 0 Å². The number of fused-ring (bicyclic) bond motifs is 1. The molecule has 1 aliphatic heterocycles. The molecular weight excluding hydrogens is 399 g/mol. The molecule has 1 heterocycles. The van der Waals surface area contributed by atoms with E-state index in [-0.39, 0.29) is 23.8 Å². The Kier molecular flexibility index (Phi) is 6.71. The quantitative estimate of drug-likeness (QED) is 0.669. The number of hydrogen-bond acceptors (Lipinski definition) is 5. The summed E-state index contributed by atoms with van der Waals surface area (Å²) in [6.45, 7) is 2.84. The number of ether oxygens (including phenoxy) is 2. The molecule has 0 bridgehead atoms. The van der Waals surface area contributed by atoms with Crippen LogP contribution in [0, 0.1) is 12.7 Å². The molecule has 0 aromatic heterocycles. The van der Waals surface area contributed by atoms with E-state index in [4.69, 9.17) is 9.47 Å². The molecule has 0 radical (unpaired) electrons. The second-order valence-electron chi connectivity index (χ2n) is 6.67. The van der Waals surface area contributed by atoms with Crippen molar-refractivity contribution >= 4 is 21.6 Å². The van der Waals surface area contributed by atoms with E-state index in [1.165, 1.54) is 24.3 Å². The molecule has 0 spiro atoms. The molecular formula is C20H23FN2O5S. The highest BCUT2D eigenvalue weighted by molar-refractivity contribution is 7.89. The minimum Gasteiger partial charge on any atom is -0.490 e. The number of carbonyl (C=O) groups excluding carboxylic acids is 1. The molecule has 1 aliphatic rings. The fourth-order valence-electron chi connectivity index (χ4n) is 2.79. The standard InChI is InChI=1S/C20H23FN2O5S/c1-14-5-6-15(21)12-17(14)23-20(24)4-2-9-22-29(25,26)16-7-8-18-19(13-16)28-11-3-10-27-18/h5-8,12-13,22H,2-4,9-11H2,1H3,(H,23,24). The van der Waals surface area contributed by atoms with Gasteiger partial charge in [-0.1, -0.05) is 6.07 Å². The van der Waals surface area contributed by atoms with Gasteiger partial charge in [-0.15, -0.1) is 0 Å². The maximum atomic E-state index is 13.3. The molecule has 156 valence electrons. The number of aryl methyl sites for hydroxylation is 1. The molecule has 2 N–H and O–H groups in total. The van der Waals surface area contributed by atoms with E-state index < -0.39 is 15.8 Å². The summed E-state index contributed by atoms with van der Waals surface area (Å²) in [5.74, 6) is 0.170. The maximum Gasteiger partial charge on any atom is 0.240 e. The van der Waals surface area contributed by atoms with Gasteiger partial charge in [0.25, 0.3) is 0 Å². The number of rotatable bonds is 7. The number of benzene rings is 2. The number of carbonyl (C=O) groups is 1. The minimum atomic E-state index is -3.74. The largest absolute Gasteiger partial charge is 0.490 e. The lowest BCUT2D eigenvalue weighted by molar-refractivity contribution is -0.116. The van der Waals surface area contributed by atoms with Gasteiger partial charge in [-0.05, 0) is 43.2 Å². The fraction of sp³-hybridized carbons (Fsp3) is 0.350. The fourth-order valence-corrected chi connectivity index (χ4v) is 3.88. The van der Waals surface area contributed by atoms with E-state index in [0.29, 0.717) is 36.8 Å². The van der Waals surface area contributed by atoms with Crippen LogP contribution in [0.2, 0.25) is 0 Å². The number of nitrogens with one attached hydrogen (secondary N) is 2. The number of sulfonamides is 1. The predicted molar refractivity (Wildman–Crippen MR) is 106 cm³/mol. The third-order valence-electron chi connectivity index (χ3n) is 4.38. The summed E-state index contributed by atoms with van der Waals surface area (Å²) < 4.78 is 51.7. The predicted octanol–water partition coefficient (Wildman–Crippen LogP) is 2.99. The number of amides is 1. The van der Waals surface area contributed by atoms with E-state index in [9.17, 15) is 17.6 Å². The van der Waals surface area contributed by atoms with Gasteiger partial charge in [0.05, 0.1) is 18.1 Å². The highest BCUT2D eigenvalue weighted by Gasteiger charge is 2.18. The molecule has 2 aromatic rings. The van der Waals surface area contributed by atoms with E-state index in [0.717, 1.165) is 12.0 Å². The summed E-state index contributed by atoms with van der Waals surface area (Å²) in [5.41, 5.74) is 1.15. The molecule has 29 heavy (non-hydrogen) atoms. The zero-order valence-electron chi connectivity index (χ0n) is 16.0. The van der Waals surface area contributed by atoms with Crippen molar-refractivity contribution in [1.29, 1.82) is 0 Å². The lowest BCUT2D eigenvalue weighted by Gasteiger charge is -2.11. The molecule has 0 saturated carbocycles. The van der Waals surface area contributed by atoms with Crippen LogP contribution in [0.1, 0.15) is 24.8 Å². The van der Waals surface area contributed by atoms with Crippen LogP contribution < -0.4 is 19.5 Å². The molecule has 0 fully saturated rings. The molecule has 9 heteroatoms. The van der Waals surface area contributed by atoms with Crippen molar-refractivity contribution < 1.29 is 27.1 Å². The molecule has 0 aliphatic carbocycles. The summed E-state index contributed by atoms with van der Waals surface area (Å²) in [6.07, 6.45) is 1.12. The van der Waals surface area contributed by atoms with Crippen LogP contribution in [0.25, 0.3) is 0 Å². The first-order chi connectivity index (χ1) is 13.8. The van der Waals surface area contributed by atoms with Gasteiger partial charge in [0.1, 0.15) is 5.82 Å². The van der Waals surface area contributed by atoms with Gasteiger partial charge in [-0.3, -0.25) is 4.79 Å². The molecule has 1 amide bonds. The maximum absolute atomic E-state index is 13.3. The lowest BCUT2D eigenvalue weighted by atomic mass is 10.2. The number of anilines is 1. The van der Waals surface area contributed by atoms with Gasteiger partial charge in [0.2, 0.25) is 15.9 Å². The normalized spacial score (nSPS) is 13.6. The van der Waals surface area contributed by atoms with Crippen LogP contribution in [0.5, 0.6) is 11.5 Å². The molecule has 0 atom stereocenters. The van der Waals surface area contributed by atoms with Crippen molar-refractivity contribution in [3.8, 4) is 11.5 Å². The Hall–Kier alpha value is -2.65. The molecule has 3 rings (SSSR count). The van der Waals surface area contributed by atoms with Crippen LogP contribution in [-0.4, -0.2) is 34.1 Å². The summed E-state index contributed by atoms with van der Waals surface area (Å²) in [6, 6.07) is 8.61. The zero-order chi connectivity index (χ0) is 20.9. The van der Waals surface area contributed by atoms with Crippen molar-refractivity contribution in [3.05, 3.63) is 47.8 Å². The molecule has 2 aromatic carbocycles. The van der Waals surface area contributed by atoms with Crippen LogP contribution >= 0.6 is 0 Å². The van der Waals surface area contributed by atoms with Gasteiger partial charge in [-0.25, -0.2) is 17.5 Å². The first-order valence-electron chi connectivity index (χ1n) is 9.30.